The molecule has 0 spiro atoms. The summed E-state index contributed by atoms with van der Waals surface area (Å²) in [5.41, 5.74) is 7.80. The summed E-state index contributed by atoms with van der Waals surface area (Å²) in [6.07, 6.45) is 7.10. The lowest BCUT2D eigenvalue weighted by Gasteiger charge is -2.10. The monoisotopic (exact) mass is 405 g/mol. The number of hydrogen-bond acceptors (Lipinski definition) is 4. The minimum atomic E-state index is -0.228. The summed E-state index contributed by atoms with van der Waals surface area (Å²) in [6.45, 7) is 2.69. The van der Waals surface area contributed by atoms with Crippen LogP contribution in [0.4, 0.5) is 0 Å². The van der Waals surface area contributed by atoms with Gasteiger partial charge in [0.25, 0.3) is 5.91 Å². The number of fused-ring (bicyclic) bond motifs is 3. The van der Waals surface area contributed by atoms with E-state index < -0.39 is 0 Å². The predicted molar refractivity (Wildman–Crippen MR) is 119 cm³/mol. The molecule has 1 aliphatic rings. The summed E-state index contributed by atoms with van der Waals surface area (Å²) in [5.74, 6) is 1.11. The molecule has 4 rings (SSSR count). The third-order valence-corrected chi connectivity index (χ3v) is 5.39. The Hall–Kier alpha value is -3.28. The SMILES string of the molecule is CCCOc1ccc(/C=N\NC(=O)c2ccc3[nH]c4c(c3c2)CCCC4)cc1OC. The summed E-state index contributed by atoms with van der Waals surface area (Å²) in [5, 5.41) is 5.26. The molecular formula is C24H27N3O3. The summed E-state index contributed by atoms with van der Waals surface area (Å²) in [4.78, 5) is 16.1. The van der Waals surface area contributed by atoms with Crippen LogP contribution >= 0.6 is 0 Å². The average Bonchev–Trinajstić information content (AvgIpc) is 3.15. The van der Waals surface area contributed by atoms with Gasteiger partial charge in [-0.3, -0.25) is 4.79 Å². The first-order chi connectivity index (χ1) is 14.7. The molecule has 2 aromatic carbocycles. The maximum atomic E-state index is 12.6. The van der Waals surface area contributed by atoms with E-state index in [1.807, 2.05) is 36.4 Å². The molecule has 0 unspecified atom stereocenters. The molecule has 0 fully saturated rings. The molecule has 2 N–H and O–H groups in total. The van der Waals surface area contributed by atoms with Gasteiger partial charge >= 0.3 is 0 Å². The van der Waals surface area contributed by atoms with Gasteiger partial charge < -0.3 is 14.5 Å². The van der Waals surface area contributed by atoms with E-state index in [4.69, 9.17) is 9.47 Å². The van der Waals surface area contributed by atoms with Gasteiger partial charge in [-0.2, -0.15) is 5.10 Å². The van der Waals surface area contributed by atoms with Crippen LogP contribution in [0.2, 0.25) is 0 Å². The maximum absolute atomic E-state index is 12.6. The number of carbonyl (C=O) groups is 1. The Morgan fingerprint density at radius 1 is 1.17 bits per heavy atom. The number of aromatic nitrogens is 1. The van der Waals surface area contributed by atoms with Crippen molar-refractivity contribution in [1.29, 1.82) is 0 Å². The Kier molecular flexibility index (Phi) is 6.02. The number of rotatable bonds is 7. The number of benzene rings is 2. The molecule has 156 valence electrons. The number of carbonyl (C=O) groups excluding carboxylic acids is 1. The Morgan fingerprint density at radius 3 is 2.87 bits per heavy atom. The first kappa shape index (κ1) is 20.0. The fraction of sp³-hybridized carbons (Fsp3) is 0.333. The first-order valence-corrected chi connectivity index (χ1v) is 10.5. The molecule has 1 aromatic heterocycles. The van der Waals surface area contributed by atoms with Crippen LogP contribution in [0.25, 0.3) is 10.9 Å². The standard InChI is InChI=1S/C24H27N3O3/c1-3-12-30-22-11-8-16(13-23(22)29-2)15-25-27-24(28)17-9-10-21-19(14-17)18-6-4-5-7-20(18)26-21/h8-11,13-15,26H,3-7,12H2,1-2H3,(H,27,28)/b25-15-. The van der Waals surface area contributed by atoms with E-state index >= 15 is 0 Å². The molecular weight excluding hydrogens is 378 g/mol. The van der Waals surface area contributed by atoms with Crippen LogP contribution in [0.15, 0.2) is 41.5 Å². The number of hydrogen-bond donors (Lipinski definition) is 2. The van der Waals surface area contributed by atoms with Gasteiger partial charge in [0.1, 0.15) is 0 Å². The van der Waals surface area contributed by atoms with Crippen LogP contribution in [0, 0.1) is 0 Å². The normalized spacial score (nSPS) is 13.4. The van der Waals surface area contributed by atoms with Crippen molar-refractivity contribution >= 4 is 23.0 Å². The summed E-state index contributed by atoms with van der Waals surface area (Å²) in [7, 11) is 1.60. The third-order valence-electron chi connectivity index (χ3n) is 5.39. The van der Waals surface area contributed by atoms with Crippen LogP contribution < -0.4 is 14.9 Å². The number of H-pyrrole nitrogens is 1. The van der Waals surface area contributed by atoms with E-state index in [1.54, 1.807) is 13.3 Å². The molecule has 1 amide bonds. The van der Waals surface area contributed by atoms with Crippen molar-refractivity contribution < 1.29 is 14.3 Å². The van der Waals surface area contributed by atoms with Crippen molar-refractivity contribution in [1.82, 2.24) is 10.4 Å². The summed E-state index contributed by atoms with van der Waals surface area (Å²) in [6, 6.07) is 11.3. The van der Waals surface area contributed by atoms with Crippen LogP contribution in [0.3, 0.4) is 0 Å². The van der Waals surface area contributed by atoms with Crippen LogP contribution in [0.5, 0.6) is 11.5 Å². The number of nitrogens with zero attached hydrogens (tertiary/aromatic N) is 1. The largest absolute Gasteiger partial charge is 0.493 e. The average molecular weight is 405 g/mol. The highest BCUT2D eigenvalue weighted by Crippen LogP contribution is 2.30. The lowest BCUT2D eigenvalue weighted by atomic mass is 9.95. The van der Waals surface area contributed by atoms with Crippen molar-refractivity contribution in [3.05, 3.63) is 58.8 Å². The van der Waals surface area contributed by atoms with Crippen molar-refractivity contribution in [3.63, 3.8) is 0 Å². The zero-order valence-electron chi connectivity index (χ0n) is 17.5. The van der Waals surface area contributed by atoms with Crippen molar-refractivity contribution in [2.45, 2.75) is 39.0 Å². The van der Waals surface area contributed by atoms with E-state index in [0.29, 0.717) is 23.7 Å². The molecule has 0 radical (unpaired) electrons. The molecule has 0 aliphatic heterocycles. The van der Waals surface area contributed by atoms with E-state index in [0.717, 1.165) is 35.7 Å². The molecule has 1 heterocycles. The zero-order chi connectivity index (χ0) is 20.9. The minimum Gasteiger partial charge on any atom is -0.493 e. The third kappa shape index (κ3) is 4.17. The summed E-state index contributed by atoms with van der Waals surface area (Å²) < 4.78 is 11.0. The molecule has 0 saturated carbocycles. The van der Waals surface area contributed by atoms with Gasteiger partial charge in [0.05, 0.1) is 19.9 Å². The number of amides is 1. The Labute approximate surface area is 176 Å². The zero-order valence-corrected chi connectivity index (χ0v) is 17.5. The van der Waals surface area contributed by atoms with Crippen molar-refractivity contribution in [2.24, 2.45) is 5.10 Å². The number of methoxy groups -OCH3 is 1. The number of hydrazone groups is 1. The van der Waals surface area contributed by atoms with E-state index in [9.17, 15) is 4.79 Å². The Balaban J connectivity index is 1.46. The fourth-order valence-electron chi connectivity index (χ4n) is 3.87. The minimum absolute atomic E-state index is 0.228. The topological polar surface area (TPSA) is 75.7 Å². The molecule has 0 bridgehead atoms. The van der Waals surface area contributed by atoms with Gasteiger partial charge in [0, 0.05) is 22.2 Å². The van der Waals surface area contributed by atoms with Gasteiger partial charge in [0.15, 0.2) is 11.5 Å². The van der Waals surface area contributed by atoms with E-state index in [2.05, 4.69) is 22.4 Å². The van der Waals surface area contributed by atoms with Crippen LogP contribution in [-0.4, -0.2) is 30.8 Å². The highest BCUT2D eigenvalue weighted by molar-refractivity contribution is 5.99. The maximum Gasteiger partial charge on any atom is 0.271 e. The summed E-state index contributed by atoms with van der Waals surface area (Å²) >= 11 is 0. The smallest absolute Gasteiger partial charge is 0.271 e. The predicted octanol–water partition coefficient (Wildman–Crippen LogP) is 4.61. The van der Waals surface area contributed by atoms with Gasteiger partial charge in [-0.05, 0) is 79.6 Å². The molecule has 3 aromatic rings. The number of aryl methyl sites for hydroxylation is 2. The quantitative estimate of drug-likeness (QED) is 0.445. The van der Waals surface area contributed by atoms with Gasteiger partial charge in [-0.25, -0.2) is 5.43 Å². The van der Waals surface area contributed by atoms with Gasteiger partial charge in [-0.15, -0.1) is 0 Å². The van der Waals surface area contributed by atoms with Crippen molar-refractivity contribution in [2.75, 3.05) is 13.7 Å². The fourth-order valence-corrected chi connectivity index (χ4v) is 3.87. The van der Waals surface area contributed by atoms with Gasteiger partial charge in [-0.1, -0.05) is 6.92 Å². The van der Waals surface area contributed by atoms with Gasteiger partial charge in [0.2, 0.25) is 0 Å². The molecule has 30 heavy (non-hydrogen) atoms. The first-order valence-electron chi connectivity index (χ1n) is 10.5. The van der Waals surface area contributed by atoms with E-state index in [-0.39, 0.29) is 5.91 Å². The second-order valence-corrected chi connectivity index (χ2v) is 7.51. The lowest BCUT2D eigenvalue weighted by molar-refractivity contribution is 0.0955. The Morgan fingerprint density at radius 2 is 2.03 bits per heavy atom. The number of nitrogens with one attached hydrogen (secondary N) is 2. The highest BCUT2D eigenvalue weighted by atomic mass is 16.5. The number of aromatic amines is 1. The second-order valence-electron chi connectivity index (χ2n) is 7.51. The molecule has 0 saturated heterocycles. The lowest BCUT2D eigenvalue weighted by Crippen LogP contribution is -2.17. The van der Waals surface area contributed by atoms with Crippen LogP contribution in [-0.2, 0) is 12.8 Å². The van der Waals surface area contributed by atoms with Crippen LogP contribution in [0.1, 0.15) is 53.4 Å². The Bertz CT molecular complexity index is 1080. The highest BCUT2D eigenvalue weighted by Gasteiger charge is 2.16. The number of ether oxygens (including phenoxy) is 2. The van der Waals surface area contributed by atoms with E-state index in [1.165, 1.54) is 24.1 Å². The molecule has 0 atom stereocenters. The molecule has 1 aliphatic carbocycles. The second kappa shape index (κ2) is 9.03. The molecule has 6 nitrogen and oxygen atoms in total. The molecule has 6 heteroatoms. The van der Waals surface area contributed by atoms with Crippen molar-refractivity contribution in [3.8, 4) is 11.5 Å².